The van der Waals surface area contributed by atoms with Crippen LogP contribution in [0.2, 0.25) is 0 Å². The maximum Gasteiger partial charge on any atom is 0.254 e. The Morgan fingerprint density at radius 2 is 2.07 bits per heavy atom. The van der Waals surface area contributed by atoms with Gasteiger partial charge in [0.05, 0.1) is 5.69 Å². The Kier molecular flexibility index (Phi) is 1.73. The number of aliphatic hydroxyl groups is 1. The molecule has 0 unspecified atom stereocenters. The van der Waals surface area contributed by atoms with Crippen LogP contribution in [0.3, 0.4) is 0 Å². The van der Waals surface area contributed by atoms with Crippen LogP contribution in [0.1, 0.15) is 24.2 Å². The van der Waals surface area contributed by atoms with E-state index in [1.54, 1.807) is 17.8 Å². The third-order valence-electron chi connectivity index (χ3n) is 2.69. The van der Waals surface area contributed by atoms with Crippen LogP contribution >= 0.6 is 0 Å². The minimum absolute atomic E-state index is 0.350. The summed E-state index contributed by atoms with van der Waals surface area (Å²) in [5.41, 5.74) is -0.220. The SMILES string of the molecule is Cc1cc(C2(O)CC(F)(F)C2)nn1C. The van der Waals surface area contributed by atoms with E-state index in [1.807, 2.05) is 6.92 Å². The number of hydrogen-bond acceptors (Lipinski definition) is 2. The largest absolute Gasteiger partial charge is 0.383 e. The molecular weight excluding hydrogens is 190 g/mol. The van der Waals surface area contributed by atoms with Crippen molar-refractivity contribution in [3.05, 3.63) is 17.5 Å². The molecule has 0 saturated heterocycles. The van der Waals surface area contributed by atoms with Crippen molar-refractivity contribution in [1.29, 1.82) is 0 Å². The van der Waals surface area contributed by atoms with E-state index in [0.29, 0.717) is 5.69 Å². The Bertz CT molecular complexity index is 345. The highest BCUT2D eigenvalue weighted by Gasteiger charge is 2.57. The Morgan fingerprint density at radius 1 is 1.50 bits per heavy atom. The summed E-state index contributed by atoms with van der Waals surface area (Å²) in [4.78, 5) is 0. The van der Waals surface area contributed by atoms with E-state index in [4.69, 9.17) is 0 Å². The number of aryl methyl sites for hydroxylation is 2. The molecule has 2 rings (SSSR count). The Hall–Kier alpha value is -0.970. The van der Waals surface area contributed by atoms with Crippen LogP contribution in [0.5, 0.6) is 0 Å². The molecule has 0 aromatic carbocycles. The minimum Gasteiger partial charge on any atom is -0.383 e. The zero-order valence-corrected chi connectivity index (χ0v) is 8.09. The molecule has 0 aliphatic heterocycles. The van der Waals surface area contributed by atoms with Crippen molar-refractivity contribution in [1.82, 2.24) is 9.78 Å². The fourth-order valence-electron chi connectivity index (χ4n) is 1.77. The highest BCUT2D eigenvalue weighted by Crippen LogP contribution is 2.51. The second kappa shape index (κ2) is 2.53. The van der Waals surface area contributed by atoms with Crippen LogP contribution in [-0.4, -0.2) is 20.8 Å². The summed E-state index contributed by atoms with van der Waals surface area (Å²) >= 11 is 0. The molecule has 3 nitrogen and oxygen atoms in total. The Morgan fingerprint density at radius 3 is 2.43 bits per heavy atom. The van der Waals surface area contributed by atoms with Gasteiger partial charge in [-0.2, -0.15) is 5.10 Å². The number of rotatable bonds is 1. The monoisotopic (exact) mass is 202 g/mol. The molecule has 1 aliphatic rings. The van der Waals surface area contributed by atoms with Crippen LogP contribution in [-0.2, 0) is 12.6 Å². The van der Waals surface area contributed by atoms with Crippen molar-refractivity contribution in [2.45, 2.75) is 31.3 Å². The van der Waals surface area contributed by atoms with Crippen molar-refractivity contribution >= 4 is 0 Å². The molecule has 1 N–H and O–H groups in total. The first-order chi connectivity index (χ1) is 6.32. The summed E-state index contributed by atoms with van der Waals surface area (Å²) in [7, 11) is 1.72. The van der Waals surface area contributed by atoms with Crippen LogP contribution in [0.15, 0.2) is 6.07 Å². The number of nitrogens with zero attached hydrogens (tertiary/aromatic N) is 2. The summed E-state index contributed by atoms with van der Waals surface area (Å²) in [6, 6.07) is 1.65. The van der Waals surface area contributed by atoms with Gasteiger partial charge in [0, 0.05) is 25.6 Å². The first kappa shape index (κ1) is 9.58. The molecular formula is C9H12F2N2O. The van der Waals surface area contributed by atoms with E-state index < -0.39 is 24.4 Å². The summed E-state index contributed by atoms with van der Waals surface area (Å²) in [6.07, 6.45) is -1.03. The van der Waals surface area contributed by atoms with Crippen molar-refractivity contribution in [2.24, 2.45) is 7.05 Å². The van der Waals surface area contributed by atoms with Crippen LogP contribution in [0.4, 0.5) is 8.78 Å². The van der Waals surface area contributed by atoms with Crippen molar-refractivity contribution in [2.75, 3.05) is 0 Å². The van der Waals surface area contributed by atoms with Gasteiger partial charge in [0.1, 0.15) is 5.60 Å². The average molecular weight is 202 g/mol. The maximum atomic E-state index is 12.6. The highest BCUT2D eigenvalue weighted by atomic mass is 19.3. The van der Waals surface area contributed by atoms with Crippen molar-refractivity contribution in [3.63, 3.8) is 0 Å². The fourth-order valence-corrected chi connectivity index (χ4v) is 1.77. The molecule has 0 radical (unpaired) electrons. The summed E-state index contributed by atoms with van der Waals surface area (Å²) in [5.74, 6) is -2.74. The zero-order valence-electron chi connectivity index (χ0n) is 8.09. The van der Waals surface area contributed by atoms with Gasteiger partial charge < -0.3 is 5.11 Å². The summed E-state index contributed by atoms with van der Waals surface area (Å²) in [5, 5.41) is 13.8. The number of aromatic nitrogens is 2. The lowest BCUT2D eigenvalue weighted by atomic mass is 9.74. The third-order valence-corrected chi connectivity index (χ3v) is 2.69. The lowest BCUT2D eigenvalue weighted by Gasteiger charge is -2.41. The predicted octanol–water partition coefficient (Wildman–Crippen LogP) is 1.35. The lowest BCUT2D eigenvalue weighted by molar-refractivity contribution is -0.212. The summed E-state index contributed by atoms with van der Waals surface area (Å²) < 4.78 is 26.8. The van der Waals surface area contributed by atoms with Crippen molar-refractivity contribution in [3.8, 4) is 0 Å². The number of hydrogen-bond donors (Lipinski definition) is 1. The van der Waals surface area contributed by atoms with Gasteiger partial charge in [0.25, 0.3) is 5.92 Å². The lowest BCUT2D eigenvalue weighted by Crippen LogP contribution is -2.49. The normalized spacial score (nSPS) is 23.2. The average Bonchev–Trinajstić information content (AvgIpc) is 2.28. The molecule has 78 valence electrons. The van der Waals surface area contributed by atoms with E-state index in [-0.39, 0.29) is 0 Å². The maximum absolute atomic E-state index is 12.6. The molecule has 0 bridgehead atoms. The van der Waals surface area contributed by atoms with Gasteiger partial charge in [0.2, 0.25) is 0 Å². The van der Waals surface area contributed by atoms with Gasteiger partial charge in [0.15, 0.2) is 0 Å². The molecule has 0 atom stereocenters. The molecule has 1 fully saturated rings. The van der Waals surface area contributed by atoms with E-state index in [1.165, 1.54) is 0 Å². The van der Waals surface area contributed by atoms with Gasteiger partial charge in [-0.05, 0) is 13.0 Å². The summed E-state index contributed by atoms with van der Waals surface area (Å²) in [6.45, 7) is 1.82. The quantitative estimate of drug-likeness (QED) is 0.746. The van der Waals surface area contributed by atoms with Crippen LogP contribution in [0, 0.1) is 6.92 Å². The second-order valence-corrected chi connectivity index (χ2v) is 4.04. The van der Waals surface area contributed by atoms with Crippen molar-refractivity contribution < 1.29 is 13.9 Å². The van der Waals surface area contributed by atoms with Crippen LogP contribution < -0.4 is 0 Å². The molecule has 1 aromatic rings. The van der Waals surface area contributed by atoms with Gasteiger partial charge in [-0.3, -0.25) is 4.68 Å². The zero-order chi connectivity index (χ0) is 10.6. The van der Waals surface area contributed by atoms with Crippen LogP contribution in [0.25, 0.3) is 0 Å². The number of halogens is 2. The highest BCUT2D eigenvalue weighted by molar-refractivity contribution is 5.21. The third kappa shape index (κ3) is 1.32. The van der Waals surface area contributed by atoms with E-state index in [0.717, 1.165) is 5.69 Å². The van der Waals surface area contributed by atoms with E-state index in [2.05, 4.69) is 5.10 Å². The Labute approximate surface area is 80.3 Å². The van der Waals surface area contributed by atoms with E-state index >= 15 is 0 Å². The van der Waals surface area contributed by atoms with Gasteiger partial charge in [-0.25, -0.2) is 8.78 Å². The predicted molar refractivity (Wildman–Crippen MR) is 46.0 cm³/mol. The smallest absolute Gasteiger partial charge is 0.254 e. The molecule has 0 amide bonds. The fraction of sp³-hybridized carbons (Fsp3) is 0.667. The molecule has 1 aromatic heterocycles. The standard InChI is InChI=1S/C9H12F2N2O/c1-6-3-7(12-13(6)2)8(14)4-9(10,11)5-8/h3,14H,4-5H2,1-2H3. The molecule has 1 saturated carbocycles. The van der Waals surface area contributed by atoms with Gasteiger partial charge in [-0.1, -0.05) is 0 Å². The molecule has 5 heteroatoms. The van der Waals surface area contributed by atoms with E-state index in [9.17, 15) is 13.9 Å². The topological polar surface area (TPSA) is 38.1 Å². The molecule has 1 heterocycles. The second-order valence-electron chi connectivity index (χ2n) is 4.04. The van der Waals surface area contributed by atoms with Gasteiger partial charge in [-0.15, -0.1) is 0 Å². The molecule has 1 aliphatic carbocycles. The van der Waals surface area contributed by atoms with Gasteiger partial charge >= 0.3 is 0 Å². The molecule has 0 spiro atoms. The molecule has 14 heavy (non-hydrogen) atoms. The first-order valence-electron chi connectivity index (χ1n) is 4.44. The number of alkyl halides is 2. The Balaban J connectivity index is 2.25. The first-order valence-corrected chi connectivity index (χ1v) is 4.44. The minimum atomic E-state index is -2.74.